The summed E-state index contributed by atoms with van der Waals surface area (Å²) >= 11 is 0. The minimum absolute atomic E-state index is 0.0365. The highest BCUT2D eigenvalue weighted by Crippen LogP contribution is 2.11. The van der Waals surface area contributed by atoms with Gasteiger partial charge in [0.05, 0.1) is 43.4 Å². The molecule has 14 heteroatoms. The predicted octanol–water partition coefficient (Wildman–Crippen LogP) is 7.99. The first-order valence-corrected chi connectivity index (χ1v) is 20.6. The van der Waals surface area contributed by atoms with E-state index in [4.69, 9.17) is 33.2 Å². The molecule has 0 heterocycles. The molecule has 0 aromatic carbocycles. The summed E-state index contributed by atoms with van der Waals surface area (Å²) in [6, 6.07) is 0. The Labute approximate surface area is 351 Å². The van der Waals surface area contributed by atoms with E-state index in [1.807, 2.05) is 27.7 Å². The topological polar surface area (TPSA) is 184 Å². The van der Waals surface area contributed by atoms with Gasteiger partial charge in [0.2, 0.25) is 0 Å². The summed E-state index contributed by atoms with van der Waals surface area (Å²) in [7, 11) is 8.00. The van der Waals surface area contributed by atoms with Gasteiger partial charge in [0.25, 0.3) is 0 Å². The first-order chi connectivity index (χ1) is 27.0. The predicted molar refractivity (Wildman–Crippen MR) is 227 cm³/mol. The van der Waals surface area contributed by atoms with Gasteiger partial charge < -0.3 is 33.2 Å². The Bertz CT molecular complexity index is 1070. The molecule has 0 aliphatic carbocycles. The maximum Gasteiger partial charge on any atom is 0.308 e. The van der Waals surface area contributed by atoms with E-state index in [1.54, 1.807) is 70.2 Å². The molecule has 58 heavy (non-hydrogen) atoms. The van der Waals surface area contributed by atoms with Gasteiger partial charge in [0.1, 0.15) is 41.1 Å². The van der Waals surface area contributed by atoms with Crippen LogP contribution < -0.4 is 0 Å². The van der Waals surface area contributed by atoms with Gasteiger partial charge in [-0.15, -0.1) is 0 Å². The van der Waals surface area contributed by atoms with Crippen LogP contribution in [0.2, 0.25) is 0 Å². The Morgan fingerprint density at radius 2 is 0.638 bits per heavy atom. The summed E-state index contributed by atoms with van der Waals surface area (Å²) in [5, 5.41) is 0. The Hall–Kier alpha value is -2.91. The lowest BCUT2D eigenvalue weighted by atomic mass is 10.1. The molecule has 0 radical (unpaired) electrons. The minimum atomic E-state index is -0.308. The number of ether oxygens (including phenoxy) is 7. The van der Waals surface area contributed by atoms with Crippen molar-refractivity contribution in [2.75, 3.05) is 35.5 Å². The molecule has 0 fully saturated rings. The highest BCUT2D eigenvalue weighted by molar-refractivity contribution is 5.78. The number of ketones is 5. The molecular weight excluding hydrogens is 752 g/mol. The van der Waals surface area contributed by atoms with Crippen LogP contribution in [0.3, 0.4) is 0 Å². The summed E-state index contributed by atoms with van der Waals surface area (Å²) in [5.41, 5.74) is 0. The van der Waals surface area contributed by atoms with Crippen molar-refractivity contribution in [3.05, 3.63) is 0 Å². The number of hydrogen-bond acceptors (Lipinski definition) is 14. The summed E-state index contributed by atoms with van der Waals surface area (Å²) in [6.45, 7) is 21.2. The van der Waals surface area contributed by atoms with Crippen molar-refractivity contribution in [1.29, 1.82) is 0 Å². The lowest BCUT2D eigenvalue weighted by Gasteiger charge is -2.17. The number of rotatable bonds is 27. The van der Waals surface area contributed by atoms with Gasteiger partial charge in [-0.2, -0.15) is 0 Å². The molecule has 0 bridgehead atoms. The van der Waals surface area contributed by atoms with E-state index in [2.05, 4.69) is 6.92 Å². The second-order valence-corrected chi connectivity index (χ2v) is 14.4. The van der Waals surface area contributed by atoms with E-state index in [-0.39, 0.29) is 96.4 Å². The number of hydrogen-bond donors (Lipinski definition) is 0. The molecule has 0 unspecified atom stereocenters. The van der Waals surface area contributed by atoms with Gasteiger partial charge in [-0.05, 0) is 81.1 Å². The van der Waals surface area contributed by atoms with E-state index in [0.29, 0.717) is 38.5 Å². The van der Waals surface area contributed by atoms with E-state index >= 15 is 0 Å². The Morgan fingerprint density at radius 1 is 0.362 bits per heavy atom. The van der Waals surface area contributed by atoms with Crippen LogP contribution in [-0.4, -0.2) is 119 Å². The van der Waals surface area contributed by atoms with E-state index in [9.17, 15) is 33.6 Å². The van der Waals surface area contributed by atoms with Crippen LogP contribution in [0.4, 0.5) is 0 Å². The monoisotopic (exact) mass is 837 g/mol. The zero-order valence-electron chi connectivity index (χ0n) is 39.4. The van der Waals surface area contributed by atoms with Crippen LogP contribution in [0.5, 0.6) is 0 Å². The Kier molecular flexibility index (Phi) is 48.4. The fourth-order valence-electron chi connectivity index (χ4n) is 4.69. The average molecular weight is 837 g/mol. The van der Waals surface area contributed by atoms with Gasteiger partial charge in [-0.3, -0.25) is 33.6 Å². The average Bonchev–Trinajstić information content (AvgIpc) is 3.13. The molecule has 0 saturated carbocycles. The molecule has 0 aliphatic heterocycles. The van der Waals surface area contributed by atoms with Gasteiger partial charge in [0, 0.05) is 67.7 Å². The summed E-state index contributed by atoms with van der Waals surface area (Å²) < 4.78 is 35.2. The molecule has 344 valence electrons. The zero-order valence-corrected chi connectivity index (χ0v) is 39.4. The molecule has 14 nitrogen and oxygen atoms in total. The fraction of sp³-hybridized carbons (Fsp3) is 0.841. The second kappa shape index (κ2) is 43.7. The number of carbonyl (C=O) groups is 7. The van der Waals surface area contributed by atoms with Gasteiger partial charge in [-0.1, -0.05) is 40.5 Å². The number of carbonyl (C=O) groups excluding carboxylic acids is 7. The Balaban J connectivity index is -0.000000207. The first-order valence-electron chi connectivity index (χ1n) is 20.6. The smallest absolute Gasteiger partial charge is 0.308 e. The maximum atomic E-state index is 11.5. The third-order valence-electron chi connectivity index (χ3n) is 8.15. The maximum absolute atomic E-state index is 11.5. The molecule has 0 aromatic heterocycles. The number of Topliss-reactive ketones (excluding diaryl/α,β-unsaturated/α-hetero) is 5. The molecule has 0 aliphatic rings. The van der Waals surface area contributed by atoms with Gasteiger partial charge in [0.15, 0.2) is 0 Å². The third-order valence-corrected chi connectivity index (χ3v) is 8.15. The quantitative estimate of drug-likeness (QED) is 0.0725. The van der Waals surface area contributed by atoms with E-state index in [1.165, 1.54) is 13.8 Å². The lowest BCUT2D eigenvalue weighted by Crippen LogP contribution is -2.23. The first kappa shape index (κ1) is 64.2. The van der Waals surface area contributed by atoms with Crippen molar-refractivity contribution >= 4 is 40.9 Å². The molecule has 0 aromatic rings. The molecule has 0 spiro atoms. The number of methoxy groups -OCH3 is 5. The van der Waals surface area contributed by atoms with Gasteiger partial charge >= 0.3 is 11.9 Å². The number of esters is 2. The normalized spacial score (nSPS) is 13.8. The Morgan fingerprint density at radius 3 is 0.897 bits per heavy atom. The van der Waals surface area contributed by atoms with Crippen LogP contribution >= 0.6 is 0 Å². The van der Waals surface area contributed by atoms with Crippen molar-refractivity contribution in [3.8, 4) is 0 Å². The zero-order chi connectivity index (χ0) is 46.2. The van der Waals surface area contributed by atoms with Crippen molar-refractivity contribution < 1.29 is 66.7 Å². The largest absolute Gasteiger partial charge is 0.462 e. The highest BCUT2D eigenvalue weighted by atomic mass is 16.6. The molecule has 0 N–H and O–H groups in total. The summed E-state index contributed by atoms with van der Waals surface area (Å²) in [5.74, 6) is 0.0651. The van der Waals surface area contributed by atoms with Crippen molar-refractivity contribution in [2.24, 2.45) is 0 Å². The fourth-order valence-corrected chi connectivity index (χ4v) is 4.69. The standard InChI is InChI=1S/C12H22O4.C11H20O4.C8H16O2.C7H14O2.C6H12O2/c1-5-6-11(7-9(2)13)16-12(14)8-10(3)15-4;1-5-10(6-8(2)12)15-11(13)7-9(3)14-4;1-4-5-8(10-3)6-7(2)9;1-4-7(9-3)5-6(2)8;1-5(7)4-6(2)8-3/h10-11H,5-8H2,1-4H3;9-10H,5-7H2,1-4H3;8H,4-6H2,1-3H3;7H,4-5H2,1-3H3;6H,4H2,1-3H3/t10-,11-;9-,10-;8-;7-;6-/m11111/s1. The summed E-state index contributed by atoms with van der Waals surface area (Å²) in [6.07, 6.45) is 7.43. The molecule has 7 atom stereocenters. The minimum Gasteiger partial charge on any atom is -0.462 e. The SMILES string of the molecule is CCC[C@H](CC(C)=O)OC.CCC[C@H](CC(C)=O)OC(=O)C[C@@H](C)OC.CC[C@H](CC(C)=O)OC.CC[C@H](CC(C)=O)OC(=O)C[C@@H](C)OC.CO[C@H](C)CC(C)=O. The van der Waals surface area contributed by atoms with Crippen molar-refractivity contribution in [1.82, 2.24) is 0 Å². The summed E-state index contributed by atoms with van der Waals surface area (Å²) in [4.78, 5) is 76.1. The van der Waals surface area contributed by atoms with E-state index in [0.717, 1.165) is 32.1 Å². The third kappa shape index (κ3) is 51.1. The highest BCUT2D eigenvalue weighted by Gasteiger charge is 2.18. The molecule has 0 rings (SSSR count). The molecule has 0 saturated heterocycles. The van der Waals surface area contributed by atoms with Crippen LogP contribution in [-0.2, 0) is 66.7 Å². The molecule has 0 amide bonds. The second-order valence-electron chi connectivity index (χ2n) is 14.4. The van der Waals surface area contributed by atoms with Crippen LogP contribution in [0.25, 0.3) is 0 Å². The van der Waals surface area contributed by atoms with Crippen LogP contribution in [0.1, 0.15) is 167 Å². The van der Waals surface area contributed by atoms with Crippen LogP contribution in [0.15, 0.2) is 0 Å². The van der Waals surface area contributed by atoms with Crippen molar-refractivity contribution in [2.45, 2.75) is 209 Å². The lowest BCUT2D eigenvalue weighted by molar-refractivity contribution is -0.154. The van der Waals surface area contributed by atoms with Crippen LogP contribution in [0, 0.1) is 0 Å². The molecular formula is C44H84O14. The van der Waals surface area contributed by atoms with E-state index < -0.39 is 0 Å². The van der Waals surface area contributed by atoms with Crippen molar-refractivity contribution in [3.63, 3.8) is 0 Å². The van der Waals surface area contributed by atoms with Gasteiger partial charge in [-0.25, -0.2) is 0 Å².